The summed E-state index contributed by atoms with van der Waals surface area (Å²) in [6.45, 7) is 4.18. The van der Waals surface area contributed by atoms with Crippen molar-refractivity contribution in [3.05, 3.63) is 28.2 Å². The summed E-state index contributed by atoms with van der Waals surface area (Å²) in [7, 11) is 0. The van der Waals surface area contributed by atoms with E-state index >= 15 is 0 Å². The second-order valence-electron chi connectivity index (χ2n) is 6.04. The molecule has 3 rings (SSSR count). The van der Waals surface area contributed by atoms with Crippen molar-refractivity contribution in [3.63, 3.8) is 0 Å². The standard InChI is InChI=1S/C16H22BrNO3/c1-11(18)14-3-2-12(17)8-15(14)21-13-4-6-20-16(9-13)5-7-19-10-16/h2-3,8,11,13H,4-7,9-10,18H2,1H3. The van der Waals surface area contributed by atoms with Crippen LogP contribution in [-0.4, -0.2) is 31.5 Å². The third-order valence-corrected chi connectivity index (χ3v) is 4.77. The molecule has 3 unspecified atom stereocenters. The van der Waals surface area contributed by atoms with E-state index in [0.717, 1.165) is 48.3 Å². The molecule has 0 saturated carbocycles. The SMILES string of the molecule is CC(N)c1ccc(Br)cc1OC1CCOC2(CCOC2)C1. The third kappa shape index (κ3) is 3.42. The zero-order chi connectivity index (χ0) is 14.9. The minimum Gasteiger partial charge on any atom is -0.490 e. The highest BCUT2D eigenvalue weighted by Crippen LogP contribution is 2.36. The third-order valence-electron chi connectivity index (χ3n) is 4.27. The van der Waals surface area contributed by atoms with Crippen LogP contribution in [0.2, 0.25) is 0 Å². The van der Waals surface area contributed by atoms with E-state index in [4.69, 9.17) is 19.9 Å². The molecule has 0 bridgehead atoms. The Morgan fingerprint density at radius 3 is 3.00 bits per heavy atom. The fraction of sp³-hybridized carbons (Fsp3) is 0.625. The molecule has 4 nitrogen and oxygen atoms in total. The zero-order valence-corrected chi connectivity index (χ0v) is 13.9. The van der Waals surface area contributed by atoms with Crippen LogP contribution in [0.4, 0.5) is 0 Å². The molecule has 3 atom stereocenters. The second kappa shape index (κ2) is 6.24. The molecule has 2 aliphatic heterocycles. The summed E-state index contributed by atoms with van der Waals surface area (Å²) in [6.07, 6.45) is 2.92. The van der Waals surface area contributed by atoms with Crippen LogP contribution in [0, 0.1) is 0 Å². The first-order chi connectivity index (χ1) is 10.1. The van der Waals surface area contributed by atoms with E-state index in [9.17, 15) is 0 Å². The van der Waals surface area contributed by atoms with Crippen molar-refractivity contribution in [2.45, 2.75) is 43.9 Å². The lowest BCUT2D eigenvalue weighted by Gasteiger charge is -2.37. The van der Waals surface area contributed by atoms with Gasteiger partial charge in [0.15, 0.2) is 0 Å². The molecule has 5 heteroatoms. The van der Waals surface area contributed by atoms with Crippen LogP contribution < -0.4 is 10.5 Å². The Morgan fingerprint density at radius 2 is 2.29 bits per heavy atom. The first-order valence-corrected chi connectivity index (χ1v) is 8.31. The van der Waals surface area contributed by atoms with Gasteiger partial charge in [-0.25, -0.2) is 0 Å². The van der Waals surface area contributed by atoms with Gasteiger partial charge in [0.1, 0.15) is 11.9 Å². The van der Waals surface area contributed by atoms with E-state index in [-0.39, 0.29) is 17.7 Å². The average molecular weight is 356 g/mol. The molecule has 1 spiro atoms. The van der Waals surface area contributed by atoms with Gasteiger partial charge in [-0.3, -0.25) is 0 Å². The lowest BCUT2D eigenvalue weighted by Crippen LogP contribution is -2.44. The van der Waals surface area contributed by atoms with E-state index in [1.54, 1.807) is 0 Å². The monoisotopic (exact) mass is 355 g/mol. The van der Waals surface area contributed by atoms with E-state index in [1.165, 1.54) is 0 Å². The highest BCUT2D eigenvalue weighted by atomic mass is 79.9. The fourth-order valence-corrected chi connectivity index (χ4v) is 3.45. The smallest absolute Gasteiger partial charge is 0.125 e. The van der Waals surface area contributed by atoms with Gasteiger partial charge >= 0.3 is 0 Å². The maximum Gasteiger partial charge on any atom is 0.125 e. The van der Waals surface area contributed by atoms with Gasteiger partial charge in [0.25, 0.3) is 0 Å². The quantitative estimate of drug-likeness (QED) is 0.904. The van der Waals surface area contributed by atoms with Gasteiger partial charge in [-0.15, -0.1) is 0 Å². The number of hydrogen-bond donors (Lipinski definition) is 1. The van der Waals surface area contributed by atoms with Crippen LogP contribution in [0.1, 0.15) is 37.8 Å². The highest BCUT2D eigenvalue weighted by Gasteiger charge is 2.42. The molecule has 0 aliphatic carbocycles. The summed E-state index contributed by atoms with van der Waals surface area (Å²) in [5.41, 5.74) is 6.95. The van der Waals surface area contributed by atoms with Gasteiger partial charge in [-0.2, -0.15) is 0 Å². The number of hydrogen-bond acceptors (Lipinski definition) is 4. The molecule has 116 valence electrons. The number of ether oxygens (including phenoxy) is 3. The Morgan fingerprint density at radius 1 is 1.43 bits per heavy atom. The summed E-state index contributed by atoms with van der Waals surface area (Å²) in [5.74, 6) is 0.875. The molecule has 2 aliphatic rings. The van der Waals surface area contributed by atoms with Gasteiger partial charge in [0, 0.05) is 41.9 Å². The fourth-order valence-electron chi connectivity index (χ4n) is 3.11. The molecule has 0 amide bonds. The van der Waals surface area contributed by atoms with Crippen LogP contribution in [0.25, 0.3) is 0 Å². The first-order valence-electron chi connectivity index (χ1n) is 7.51. The van der Waals surface area contributed by atoms with Crippen molar-refractivity contribution in [1.29, 1.82) is 0 Å². The van der Waals surface area contributed by atoms with E-state index in [1.807, 2.05) is 25.1 Å². The molecule has 0 radical (unpaired) electrons. The minimum absolute atomic E-state index is 0.0447. The van der Waals surface area contributed by atoms with E-state index in [2.05, 4.69) is 15.9 Å². The molecule has 2 fully saturated rings. The Hall–Kier alpha value is -0.620. The number of nitrogens with two attached hydrogens (primary N) is 1. The molecule has 2 N–H and O–H groups in total. The summed E-state index contributed by atoms with van der Waals surface area (Å²) >= 11 is 3.50. The molecule has 0 aromatic heterocycles. The zero-order valence-electron chi connectivity index (χ0n) is 12.3. The van der Waals surface area contributed by atoms with Crippen molar-refractivity contribution in [2.24, 2.45) is 5.73 Å². The van der Waals surface area contributed by atoms with Crippen molar-refractivity contribution >= 4 is 15.9 Å². The summed E-state index contributed by atoms with van der Waals surface area (Å²) in [6, 6.07) is 5.99. The average Bonchev–Trinajstić information content (AvgIpc) is 2.86. The molecular weight excluding hydrogens is 334 g/mol. The Bertz CT molecular complexity index is 500. The molecule has 2 heterocycles. The number of rotatable bonds is 3. The Kier molecular flexibility index (Phi) is 4.54. The Labute approximate surface area is 134 Å². The maximum atomic E-state index is 6.27. The van der Waals surface area contributed by atoms with E-state index < -0.39 is 0 Å². The first kappa shape index (κ1) is 15.3. The van der Waals surface area contributed by atoms with Crippen LogP contribution in [0.15, 0.2) is 22.7 Å². The van der Waals surface area contributed by atoms with Crippen LogP contribution in [0.3, 0.4) is 0 Å². The van der Waals surface area contributed by atoms with Crippen molar-refractivity contribution in [2.75, 3.05) is 19.8 Å². The number of benzene rings is 1. The highest BCUT2D eigenvalue weighted by molar-refractivity contribution is 9.10. The van der Waals surface area contributed by atoms with Crippen LogP contribution in [-0.2, 0) is 9.47 Å². The molecular formula is C16H22BrNO3. The van der Waals surface area contributed by atoms with Crippen molar-refractivity contribution in [1.82, 2.24) is 0 Å². The number of halogens is 1. The lowest BCUT2D eigenvalue weighted by molar-refractivity contribution is -0.112. The molecule has 1 aromatic rings. The molecule has 2 saturated heterocycles. The predicted molar refractivity (Wildman–Crippen MR) is 84.5 cm³/mol. The summed E-state index contributed by atoms with van der Waals surface area (Å²) in [4.78, 5) is 0. The van der Waals surface area contributed by atoms with Crippen LogP contribution >= 0.6 is 15.9 Å². The van der Waals surface area contributed by atoms with Gasteiger partial charge in [0.2, 0.25) is 0 Å². The van der Waals surface area contributed by atoms with Crippen molar-refractivity contribution < 1.29 is 14.2 Å². The molecule has 21 heavy (non-hydrogen) atoms. The van der Waals surface area contributed by atoms with Crippen molar-refractivity contribution in [3.8, 4) is 5.75 Å². The van der Waals surface area contributed by atoms with Gasteiger partial charge < -0.3 is 19.9 Å². The van der Waals surface area contributed by atoms with Gasteiger partial charge in [-0.1, -0.05) is 22.0 Å². The largest absolute Gasteiger partial charge is 0.490 e. The summed E-state index contributed by atoms with van der Waals surface area (Å²) in [5, 5.41) is 0. The van der Waals surface area contributed by atoms with E-state index in [0.29, 0.717) is 6.61 Å². The van der Waals surface area contributed by atoms with Crippen LogP contribution in [0.5, 0.6) is 5.75 Å². The summed E-state index contributed by atoms with van der Waals surface area (Å²) < 4.78 is 18.7. The normalized spacial score (nSPS) is 30.5. The maximum absolute atomic E-state index is 6.27. The predicted octanol–water partition coefficient (Wildman–Crippen LogP) is 3.19. The van der Waals surface area contributed by atoms with Gasteiger partial charge in [0.05, 0.1) is 18.8 Å². The second-order valence-corrected chi connectivity index (χ2v) is 6.95. The van der Waals surface area contributed by atoms with Gasteiger partial charge in [-0.05, 0) is 19.1 Å². The minimum atomic E-state index is -0.135. The Balaban J connectivity index is 1.75. The topological polar surface area (TPSA) is 53.7 Å². The molecule has 1 aromatic carbocycles. The lowest BCUT2D eigenvalue weighted by atomic mass is 9.91.